The van der Waals surface area contributed by atoms with Gasteiger partial charge < -0.3 is 20.5 Å². The maximum Gasteiger partial charge on any atom is 0.308 e. The van der Waals surface area contributed by atoms with Crippen LogP contribution in [-0.4, -0.2) is 59.2 Å². The summed E-state index contributed by atoms with van der Waals surface area (Å²) in [6.07, 6.45) is 5.50. The summed E-state index contributed by atoms with van der Waals surface area (Å²) in [4.78, 5) is 18.4. The topological polar surface area (TPSA) is 88.7 Å². The molecule has 33 heavy (non-hydrogen) atoms. The molecular weight excluding hydrogens is 441 g/mol. The fourth-order valence-corrected chi connectivity index (χ4v) is 5.57. The number of pyridine rings is 1. The van der Waals surface area contributed by atoms with E-state index in [1.54, 1.807) is 25.3 Å². The highest BCUT2D eigenvalue weighted by Crippen LogP contribution is 2.34. The summed E-state index contributed by atoms with van der Waals surface area (Å²) in [5.41, 5.74) is 7.54. The van der Waals surface area contributed by atoms with E-state index in [-0.39, 0.29) is 5.92 Å². The van der Waals surface area contributed by atoms with Crippen LogP contribution in [0.2, 0.25) is 0 Å². The third kappa shape index (κ3) is 6.80. The van der Waals surface area contributed by atoms with Crippen molar-refractivity contribution in [3.63, 3.8) is 0 Å². The molecular formula is C25H36FN3O3S. The maximum absolute atomic E-state index is 14.7. The number of likely N-dealkylation sites (tertiary alicyclic amines) is 1. The van der Waals surface area contributed by atoms with E-state index in [1.165, 1.54) is 18.4 Å². The van der Waals surface area contributed by atoms with E-state index >= 15 is 0 Å². The lowest BCUT2D eigenvalue weighted by atomic mass is 9.81. The van der Waals surface area contributed by atoms with Crippen LogP contribution in [0, 0.1) is 17.7 Å². The molecule has 3 atom stereocenters. The molecule has 3 N–H and O–H groups in total. The van der Waals surface area contributed by atoms with E-state index in [1.807, 2.05) is 11.8 Å². The van der Waals surface area contributed by atoms with Crippen molar-refractivity contribution in [3.8, 4) is 5.75 Å². The average molecular weight is 478 g/mol. The van der Waals surface area contributed by atoms with Gasteiger partial charge in [0.1, 0.15) is 11.6 Å². The molecule has 0 aliphatic carbocycles. The van der Waals surface area contributed by atoms with Crippen LogP contribution in [0.1, 0.15) is 50.6 Å². The van der Waals surface area contributed by atoms with Gasteiger partial charge in [-0.25, -0.2) is 4.39 Å². The predicted octanol–water partition coefficient (Wildman–Crippen LogP) is 4.72. The molecule has 2 heterocycles. The molecule has 182 valence electrons. The van der Waals surface area contributed by atoms with E-state index in [2.05, 4.69) is 16.8 Å². The molecule has 1 saturated heterocycles. The number of carbonyl (C=O) groups is 1. The van der Waals surface area contributed by atoms with Crippen molar-refractivity contribution in [1.82, 2.24) is 9.88 Å². The number of fused-ring (bicyclic) bond motifs is 1. The zero-order valence-corrected chi connectivity index (χ0v) is 20.5. The van der Waals surface area contributed by atoms with Gasteiger partial charge in [0.2, 0.25) is 0 Å². The van der Waals surface area contributed by atoms with Gasteiger partial charge in [-0.1, -0.05) is 6.92 Å². The van der Waals surface area contributed by atoms with Crippen LogP contribution in [0.3, 0.4) is 0 Å². The van der Waals surface area contributed by atoms with Crippen molar-refractivity contribution in [1.29, 1.82) is 0 Å². The minimum Gasteiger partial charge on any atom is -0.497 e. The Balaban J connectivity index is 1.62. The monoisotopic (exact) mass is 477 g/mol. The van der Waals surface area contributed by atoms with Gasteiger partial charge in [0.25, 0.3) is 0 Å². The molecule has 8 heteroatoms. The van der Waals surface area contributed by atoms with Gasteiger partial charge in [-0.15, -0.1) is 0 Å². The summed E-state index contributed by atoms with van der Waals surface area (Å²) in [6, 6.07) is 4.81. The van der Waals surface area contributed by atoms with Crippen molar-refractivity contribution in [3.05, 3.63) is 35.8 Å². The lowest BCUT2D eigenvalue weighted by Gasteiger charge is -2.37. The van der Waals surface area contributed by atoms with Crippen LogP contribution >= 0.6 is 11.8 Å². The van der Waals surface area contributed by atoms with E-state index in [9.17, 15) is 14.3 Å². The standard InChI is InChI=1S/C25H36FN3O3S/c1-3-12-33-13-4-10-29-11-9-17(20(16-29)25(30)31)5-7-22(27)24-19-14-18(32-2)6-8-23(19)28-15-21(24)26/h6,8,14-15,17,20,22H,3-5,7,9-13,16,27H2,1-2H3,(H,30,31)/t17?,20?,22-/m1/s1. The Morgan fingerprint density at radius 1 is 1.42 bits per heavy atom. The highest BCUT2D eigenvalue weighted by atomic mass is 32.2. The number of rotatable bonds is 12. The molecule has 0 saturated carbocycles. The number of carboxylic acid groups (broad SMARTS) is 1. The number of aromatic nitrogens is 1. The molecule has 0 radical (unpaired) electrons. The number of piperidine rings is 1. The quantitative estimate of drug-likeness (QED) is 0.428. The van der Waals surface area contributed by atoms with Gasteiger partial charge in [-0.05, 0) is 80.8 Å². The van der Waals surface area contributed by atoms with Crippen molar-refractivity contribution in [2.75, 3.05) is 38.2 Å². The second-order valence-corrected chi connectivity index (χ2v) is 10.1. The van der Waals surface area contributed by atoms with Gasteiger partial charge in [0, 0.05) is 23.5 Å². The van der Waals surface area contributed by atoms with Crippen molar-refractivity contribution >= 4 is 28.6 Å². The zero-order valence-electron chi connectivity index (χ0n) is 19.6. The Morgan fingerprint density at radius 2 is 2.24 bits per heavy atom. The van der Waals surface area contributed by atoms with Crippen LogP contribution in [-0.2, 0) is 4.79 Å². The number of nitrogens with zero attached hydrogens (tertiary/aromatic N) is 2. The minimum absolute atomic E-state index is 0.0463. The average Bonchev–Trinajstić information content (AvgIpc) is 2.82. The molecule has 1 fully saturated rings. The van der Waals surface area contributed by atoms with Crippen molar-refractivity contribution in [2.45, 2.75) is 45.1 Å². The first-order valence-electron chi connectivity index (χ1n) is 11.8. The van der Waals surface area contributed by atoms with Crippen LogP contribution in [0.25, 0.3) is 10.9 Å². The normalized spacial score (nSPS) is 20.1. The van der Waals surface area contributed by atoms with Gasteiger partial charge in [0.05, 0.1) is 24.7 Å². The lowest BCUT2D eigenvalue weighted by molar-refractivity contribution is -0.146. The number of ether oxygens (including phenoxy) is 1. The number of methoxy groups -OCH3 is 1. The maximum atomic E-state index is 14.7. The molecule has 1 aromatic heterocycles. The number of benzene rings is 1. The van der Waals surface area contributed by atoms with Gasteiger partial charge in [-0.3, -0.25) is 9.78 Å². The van der Waals surface area contributed by atoms with Gasteiger partial charge in [-0.2, -0.15) is 11.8 Å². The van der Waals surface area contributed by atoms with Gasteiger partial charge in [0.15, 0.2) is 0 Å². The molecule has 3 rings (SSSR count). The van der Waals surface area contributed by atoms with Crippen molar-refractivity contribution < 1.29 is 19.0 Å². The number of hydrogen-bond donors (Lipinski definition) is 2. The third-order valence-electron chi connectivity index (χ3n) is 6.56. The Kier molecular flexibility index (Phi) is 9.77. The molecule has 2 aromatic rings. The fraction of sp³-hybridized carbons (Fsp3) is 0.600. The van der Waals surface area contributed by atoms with Gasteiger partial charge >= 0.3 is 5.97 Å². The second-order valence-electron chi connectivity index (χ2n) is 8.85. The highest BCUT2D eigenvalue weighted by Gasteiger charge is 2.34. The van der Waals surface area contributed by atoms with E-state index < -0.39 is 23.7 Å². The Bertz CT molecular complexity index is 929. The summed E-state index contributed by atoms with van der Waals surface area (Å²) < 4.78 is 20.0. The highest BCUT2D eigenvalue weighted by molar-refractivity contribution is 7.99. The summed E-state index contributed by atoms with van der Waals surface area (Å²) >= 11 is 1.96. The Labute approximate surface area is 200 Å². The number of nitrogens with two attached hydrogens (primary N) is 1. The number of thioether (sulfide) groups is 1. The zero-order chi connectivity index (χ0) is 23.8. The first kappa shape index (κ1) is 25.7. The molecule has 0 spiro atoms. The predicted molar refractivity (Wildman–Crippen MR) is 132 cm³/mol. The van der Waals surface area contributed by atoms with Crippen LogP contribution in [0.15, 0.2) is 24.4 Å². The molecule has 0 bridgehead atoms. The largest absolute Gasteiger partial charge is 0.497 e. The Hall–Kier alpha value is -1.90. The Morgan fingerprint density at radius 3 is 2.97 bits per heavy atom. The molecule has 2 unspecified atom stereocenters. The number of carboxylic acids is 1. The van der Waals surface area contributed by atoms with Crippen LogP contribution in [0.4, 0.5) is 4.39 Å². The van der Waals surface area contributed by atoms with E-state index in [0.29, 0.717) is 41.6 Å². The first-order chi connectivity index (χ1) is 15.9. The van der Waals surface area contributed by atoms with E-state index in [4.69, 9.17) is 10.5 Å². The number of halogens is 1. The fourth-order valence-electron chi connectivity index (χ4n) is 4.74. The van der Waals surface area contributed by atoms with E-state index in [0.717, 1.165) is 31.7 Å². The molecule has 1 aliphatic rings. The number of aliphatic carboxylic acids is 1. The summed E-state index contributed by atoms with van der Waals surface area (Å²) in [6.45, 7) is 4.62. The summed E-state index contributed by atoms with van der Waals surface area (Å²) in [5, 5.41) is 10.5. The molecule has 1 aliphatic heterocycles. The minimum atomic E-state index is -0.746. The second kappa shape index (κ2) is 12.5. The molecule has 6 nitrogen and oxygen atoms in total. The first-order valence-corrected chi connectivity index (χ1v) is 13.0. The summed E-state index contributed by atoms with van der Waals surface area (Å²) in [7, 11) is 1.57. The summed E-state index contributed by atoms with van der Waals surface area (Å²) in [5.74, 6) is 1.38. The number of hydrogen-bond acceptors (Lipinski definition) is 6. The van der Waals surface area contributed by atoms with Crippen LogP contribution in [0.5, 0.6) is 5.75 Å². The van der Waals surface area contributed by atoms with Crippen LogP contribution < -0.4 is 10.5 Å². The van der Waals surface area contributed by atoms with Crippen molar-refractivity contribution in [2.24, 2.45) is 17.6 Å². The molecule has 0 amide bonds. The smallest absolute Gasteiger partial charge is 0.308 e. The third-order valence-corrected chi connectivity index (χ3v) is 7.83. The lowest BCUT2D eigenvalue weighted by Crippen LogP contribution is -2.44. The SMILES string of the molecule is CCCSCCCN1CCC(CC[C@@H](N)c2c(F)cnc3ccc(OC)cc23)C(C(=O)O)C1. The molecule has 1 aromatic carbocycles.